The second-order valence-electron chi connectivity index (χ2n) is 4.57. The minimum absolute atomic E-state index is 0.213. The molecule has 2 N–H and O–H groups in total. The number of rotatable bonds is 3. The van der Waals surface area contributed by atoms with Gasteiger partial charge in [0.1, 0.15) is 0 Å². The van der Waals surface area contributed by atoms with Crippen LogP contribution in [-0.4, -0.2) is 22.0 Å². The molecule has 0 aliphatic heterocycles. The van der Waals surface area contributed by atoms with Crippen molar-refractivity contribution >= 4 is 17.6 Å². The number of anilines is 1. The minimum atomic E-state index is -0.874. The molecule has 1 saturated carbocycles. The highest BCUT2D eigenvalue weighted by molar-refractivity contribution is 5.95. The summed E-state index contributed by atoms with van der Waals surface area (Å²) in [6, 6.07) is 3.47. The second kappa shape index (κ2) is 5.62. The highest BCUT2D eigenvalue weighted by atomic mass is 16.4. The van der Waals surface area contributed by atoms with Crippen molar-refractivity contribution in [1.29, 1.82) is 0 Å². The van der Waals surface area contributed by atoms with Gasteiger partial charge in [0.25, 0.3) is 0 Å². The smallest absolute Gasteiger partial charge is 0.307 e. The highest BCUT2D eigenvalue weighted by Gasteiger charge is 2.35. The Morgan fingerprint density at radius 3 is 2.61 bits per heavy atom. The third-order valence-electron chi connectivity index (χ3n) is 3.35. The van der Waals surface area contributed by atoms with E-state index in [0.717, 1.165) is 12.8 Å². The lowest BCUT2D eigenvalue weighted by molar-refractivity contribution is -0.147. The van der Waals surface area contributed by atoms with E-state index in [-0.39, 0.29) is 5.91 Å². The lowest BCUT2D eigenvalue weighted by Crippen LogP contribution is -2.36. The third kappa shape index (κ3) is 2.85. The Morgan fingerprint density at radius 1 is 1.28 bits per heavy atom. The van der Waals surface area contributed by atoms with Crippen LogP contribution < -0.4 is 5.32 Å². The molecule has 96 valence electrons. The molecule has 1 fully saturated rings. The molecule has 1 heterocycles. The third-order valence-corrected chi connectivity index (χ3v) is 3.35. The lowest BCUT2D eigenvalue weighted by Gasteiger charge is -2.27. The van der Waals surface area contributed by atoms with Gasteiger partial charge >= 0.3 is 5.97 Å². The largest absolute Gasteiger partial charge is 0.481 e. The maximum Gasteiger partial charge on any atom is 0.307 e. The summed E-state index contributed by atoms with van der Waals surface area (Å²) in [4.78, 5) is 27.1. The summed E-state index contributed by atoms with van der Waals surface area (Å²) < 4.78 is 0. The van der Waals surface area contributed by atoms with E-state index in [9.17, 15) is 9.59 Å². The van der Waals surface area contributed by atoms with Crippen molar-refractivity contribution in [3.63, 3.8) is 0 Å². The number of nitrogens with zero attached hydrogens (tertiary/aromatic N) is 1. The van der Waals surface area contributed by atoms with Gasteiger partial charge in [-0.2, -0.15) is 0 Å². The Morgan fingerprint density at radius 2 is 2.00 bits per heavy atom. The van der Waals surface area contributed by atoms with Gasteiger partial charge in [-0.3, -0.25) is 14.6 Å². The molecule has 0 unspecified atom stereocenters. The van der Waals surface area contributed by atoms with Crippen LogP contribution in [0.5, 0.6) is 0 Å². The molecule has 1 aliphatic rings. The summed E-state index contributed by atoms with van der Waals surface area (Å²) >= 11 is 0. The van der Waals surface area contributed by atoms with Crippen LogP contribution in [0.15, 0.2) is 24.5 Å². The van der Waals surface area contributed by atoms with Crippen molar-refractivity contribution in [3.8, 4) is 0 Å². The maximum absolute atomic E-state index is 12.1. The number of hydrogen-bond donors (Lipinski definition) is 2. The van der Waals surface area contributed by atoms with Crippen molar-refractivity contribution in [2.75, 3.05) is 5.32 Å². The zero-order valence-electron chi connectivity index (χ0n) is 10.0. The highest BCUT2D eigenvalue weighted by Crippen LogP contribution is 2.31. The summed E-state index contributed by atoms with van der Waals surface area (Å²) in [6.45, 7) is 0. The van der Waals surface area contributed by atoms with E-state index < -0.39 is 17.8 Å². The van der Waals surface area contributed by atoms with Crippen LogP contribution in [0.4, 0.5) is 5.69 Å². The molecule has 1 aromatic rings. The lowest BCUT2D eigenvalue weighted by atomic mass is 9.78. The predicted molar refractivity (Wildman–Crippen MR) is 66.0 cm³/mol. The molecule has 18 heavy (non-hydrogen) atoms. The minimum Gasteiger partial charge on any atom is -0.481 e. The monoisotopic (exact) mass is 248 g/mol. The number of carbonyl (C=O) groups is 2. The first-order valence-electron chi connectivity index (χ1n) is 6.12. The van der Waals surface area contributed by atoms with Crippen molar-refractivity contribution in [2.45, 2.75) is 25.7 Å². The Bertz CT molecular complexity index is 433. The standard InChI is InChI=1S/C13H16N2O3/c16-12(15-9-4-3-7-14-8-9)10-5-1-2-6-11(10)13(17)18/h3-4,7-8,10-11H,1-2,5-6H2,(H,15,16)(H,17,18)/t10-,11-/m0/s1. The molecular weight excluding hydrogens is 232 g/mol. The Kier molecular flexibility index (Phi) is 3.92. The van der Waals surface area contributed by atoms with E-state index in [2.05, 4.69) is 10.3 Å². The van der Waals surface area contributed by atoms with Crippen LogP contribution in [0.25, 0.3) is 0 Å². The number of carboxylic acid groups (broad SMARTS) is 1. The van der Waals surface area contributed by atoms with Gasteiger partial charge in [-0.25, -0.2) is 0 Å². The zero-order valence-corrected chi connectivity index (χ0v) is 10.0. The van der Waals surface area contributed by atoms with Crippen molar-refractivity contribution in [3.05, 3.63) is 24.5 Å². The molecule has 1 aromatic heterocycles. The Labute approximate surface area is 105 Å². The summed E-state index contributed by atoms with van der Waals surface area (Å²) in [5.74, 6) is -2.08. The molecule has 2 atom stereocenters. The topological polar surface area (TPSA) is 79.3 Å². The number of hydrogen-bond acceptors (Lipinski definition) is 3. The summed E-state index contributed by atoms with van der Waals surface area (Å²) in [6.07, 6.45) is 6.19. The number of aliphatic carboxylic acids is 1. The number of carboxylic acids is 1. The fraction of sp³-hybridized carbons (Fsp3) is 0.462. The van der Waals surface area contributed by atoms with Gasteiger partial charge in [0.15, 0.2) is 0 Å². The van der Waals surface area contributed by atoms with Gasteiger partial charge in [-0.1, -0.05) is 12.8 Å². The molecule has 5 nitrogen and oxygen atoms in total. The number of nitrogens with one attached hydrogen (secondary N) is 1. The first kappa shape index (κ1) is 12.5. The summed E-state index contributed by atoms with van der Waals surface area (Å²) in [7, 11) is 0. The zero-order chi connectivity index (χ0) is 13.0. The normalized spacial score (nSPS) is 23.3. The van der Waals surface area contributed by atoms with Gasteiger partial charge in [-0.15, -0.1) is 0 Å². The van der Waals surface area contributed by atoms with E-state index in [1.54, 1.807) is 24.5 Å². The van der Waals surface area contributed by atoms with Crippen LogP contribution in [0.1, 0.15) is 25.7 Å². The molecular formula is C13H16N2O3. The van der Waals surface area contributed by atoms with Crippen LogP contribution in [-0.2, 0) is 9.59 Å². The number of amides is 1. The molecule has 0 bridgehead atoms. The van der Waals surface area contributed by atoms with Gasteiger partial charge in [0.05, 0.1) is 23.7 Å². The summed E-state index contributed by atoms with van der Waals surface area (Å²) in [5.41, 5.74) is 0.609. The van der Waals surface area contributed by atoms with Crippen molar-refractivity contribution < 1.29 is 14.7 Å². The van der Waals surface area contributed by atoms with Crippen LogP contribution in [0, 0.1) is 11.8 Å². The van der Waals surface area contributed by atoms with Crippen LogP contribution in [0.3, 0.4) is 0 Å². The molecule has 0 spiro atoms. The van der Waals surface area contributed by atoms with E-state index in [4.69, 9.17) is 5.11 Å². The van der Waals surface area contributed by atoms with Gasteiger partial charge in [0.2, 0.25) is 5.91 Å². The molecule has 5 heteroatoms. The Balaban J connectivity index is 2.05. The van der Waals surface area contributed by atoms with E-state index >= 15 is 0 Å². The SMILES string of the molecule is O=C(O)[C@H]1CCCC[C@@H]1C(=O)Nc1cccnc1. The van der Waals surface area contributed by atoms with E-state index in [1.165, 1.54) is 0 Å². The van der Waals surface area contributed by atoms with Crippen LogP contribution >= 0.6 is 0 Å². The fourth-order valence-corrected chi connectivity index (χ4v) is 2.41. The second-order valence-corrected chi connectivity index (χ2v) is 4.57. The maximum atomic E-state index is 12.1. The number of carbonyl (C=O) groups excluding carboxylic acids is 1. The van der Waals surface area contributed by atoms with Gasteiger partial charge < -0.3 is 10.4 Å². The average Bonchev–Trinajstić information content (AvgIpc) is 2.40. The Hall–Kier alpha value is -1.91. The fourth-order valence-electron chi connectivity index (χ4n) is 2.41. The first-order chi connectivity index (χ1) is 8.68. The molecule has 1 aliphatic carbocycles. The van der Waals surface area contributed by atoms with Gasteiger partial charge in [-0.05, 0) is 25.0 Å². The molecule has 0 aromatic carbocycles. The molecule has 2 rings (SSSR count). The van der Waals surface area contributed by atoms with E-state index in [1.807, 2.05) is 0 Å². The first-order valence-corrected chi connectivity index (χ1v) is 6.12. The van der Waals surface area contributed by atoms with Gasteiger partial charge in [0, 0.05) is 6.20 Å². The number of aromatic nitrogens is 1. The van der Waals surface area contributed by atoms with E-state index in [0.29, 0.717) is 18.5 Å². The molecule has 1 amide bonds. The van der Waals surface area contributed by atoms with Crippen molar-refractivity contribution in [1.82, 2.24) is 4.98 Å². The van der Waals surface area contributed by atoms with Crippen molar-refractivity contribution in [2.24, 2.45) is 11.8 Å². The summed E-state index contributed by atoms with van der Waals surface area (Å²) in [5, 5.41) is 11.9. The molecule has 0 saturated heterocycles. The number of pyridine rings is 1. The molecule has 0 radical (unpaired) electrons. The predicted octanol–water partition coefficient (Wildman–Crippen LogP) is 1.91. The quantitative estimate of drug-likeness (QED) is 0.856. The van der Waals surface area contributed by atoms with Crippen LogP contribution in [0.2, 0.25) is 0 Å². The average molecular weight is 248 g/mol.